The summed E-state index contributed by atoms with van der Waals surface area (Å²) in [5, 5.41) is 7.64. The maximum absolute atomic E-state index is 12.8. The number of fused-ring (bicyclic) bond motifs is 1. The monoisotopic (exact) mass is 389 g/mol. The lowest BCUT2D eigenvalue weighted by molar-refractivity contribution is -0.147. The molecule has 0 bridgehead atoms. The van der Waals surface area contributed by atoms with Crippen LogP contribution in [0, 0.1) is 5.41 Å². The van der Waals surface area contributed by atoms with Gasteiger partial charge in [-0.15, -0.1) is 23.4 Å². The lowest BCUT2D eigenvalue weighted by Gasteiger charge is -2.48. The zero-order valence-electron chi connectivity index (χ0n) is 14.2. The minimum atomic E-state index is -1.09. The summed E-state index contributed by atoms with van der Waals surface area (Å²) in [6.45, 7) is 5.10. The first-order valence-electron chi connectivity index (χ1n) is 7.77. The summed E-state index contributed by atoms with van der Waals surface area (Å²) < 4.78 is 5.10. The molecule has 25 heavy (non-hydrogen) atoms. The SMILES string of the molecule is CC(C)(C)C(=O)C1=C(COC(=O)CCC(=O)O)CS[C@H]2[C@@H](Cl)C(=O)N12. The quantitative estimate of drug-likeness (QED) is 0.419. The molecular weight excluding hydrogens is 370 g/mol. The maximum Gasteiger partial charge on any atom is 0.306 e. The standard InChI is InChI=1S/C16H20ClNO6S/c1-16(2,3)13(22)12-8(6-24-10(21)5-4-9(19)20)7-25-15-11(17)14(23)18(12)15/h11,15H,4-7H2,1-3H3,(H,19,20)/t11-,15-/m0/s1. The molecule has 9 heteroatoms. The van der Waals surface area contributed by atoms with E-state index >= 15 is 0 Å². The van der Waals surface area contributed by atoms with Gasteiger partial charge in [-0.25, -0.2) is 0 Å². The van der Waals surface area contributed by atoms with Gasteiger partial charge in [0.15, 0.2) is 5.78 Å². The first-order chi connectivity index (χ1) is 11.5. The molecule has 138 valence electrons. The van der Waals surface area contributed by atoms with Crippen LogP contribution in [0.4, 0.5) is 0 Å². The molecular formula is C16H20ClNO6S. The molecule has 1 N–H and O–H groups in total. The van der Waals surface area contributed by atoms with Crippen molar-refractivity contribution in [1.29, 1.82) is 0 Å². The van der Waals surface area contributed by atoms with Crippen LogP contribution in [0.1, 0.15) is 33.6 Å². The lowest BCUT2D eigenvalue weighted by atomic mass is 9.86. The largest absolute Gasteiger partial charge is 0.481 e. The zero-order valence-corrected chi connectivity index (χ0v) is 15.8. The van der Waals surface area contributed by atoms with E-state index in [4.69, 9.17) is 21.4 Å². The van der Waals surface area contributed by atoms with E-state index in [1.54, 1.807) is 20.8 Å². The fourth-order valence-electron chi connectivity index (χ4n) is 2.43. The summed E-state index contributed by atoms with van der Waals surface area (Å²) in [5.74, 6) is -1.88. The molecule has 0 radical (unpaired) electrons. The van der Waals surface area contributed by atoms with Crippen LogP contribution in [-0.2, 0) is 23.9 Å². The first kappa shape index (κ1) is 19.8. The van der Waals surface area contributed by atoms with Crippen LogP contribution in [0.25, 0.3) is 0 Å². The summed E-state index contributed by atoms with van der Waals surface area (Å²) in [5.41, 5.74) is 0.0870. The fourth-order valence-corrected chi connectivity index (χ4v) is 4.11. The van der Waals surface area contributed by atoms with Gasteiger partial charge in [0.25, 0.3) is 0 Å². The number of nitrogens with zero attached hydrogens (tertiary/aromatic N) is 1. The summed E-state index contributed by atoms with van der Waals surface area (Å²) in [4.78, 5) is 48.4. The van der Waals surface area contributed by atoms with Crippen molar-refractivity contribution in [2.24, 2.45) is 5.41 Å². The second-order valence-electron chi connectivity index (χ2n) is 6.90. The molecule has 0 aromatic rings. The molecule has 0 spiro atoms. The van der Waals surface area contributed by atoms with Crippen molar-refractivity contribution < 1.29 is 29.0 Å². The van der Waals surface area contributed by atoms with E-state index in [0.717, 1.165) is 0 Å². The molecule has 0 aliphatic carbocycles. The van der Waals surface area contributed by atoms with Crippen LogP contribution in [0.15, 0.2) is 11.3 Å². The van der Waals surface area contributed by atoms with Gasteiger partial charge in [-0.3, -0.25) is 24.1 Å². The predicted octanol–water partition coefficient (Wildman–Crippen LogP) is 1.79. The minimum absolute atomic E-state index is 0.147. The van der Waals surface area contributed by atoms with E-state index in [9.17, 15) is 19.2 Å². The highest BCUT2D eigenvalue weighted by Gasteiger charge is 2.53. The van der Waals surface area contributed by atoms with E-state index in [0.29, 0.717) is 11.3 Å². The van der Waals surface area contributed by atoms with Gasteiger partial charge in [0.05, 0.1) is 18.5 Å². The molecule has 7 nitrogen and oxygen atoms in total. The van der Waals surface area contributed by atoms with Gasteiger partial charge in [0, 0.05) is 16.7 Å². The van der Waals surface area contributed by atoms with Crippen LogP contribution in [0.5, 0.6) is 0 Å². The van der Waals surface area contributed by atoms with E-state index in [2.05, 4.69) is 0 Å². The number of amides is 1. The molecule has 0 saturated carbocycles. The molecule has 0 aromatic carbocycles. The number of hydrogen-bond acceptors (Lipinski definition) is 6. The Bertz CT molecular complexity index is 654. The van der Waals surface area contributed by atoms with Crippen molar-refractivity contribution in [3.05, 3.63) is 11.3 Å². The third kappa shape index (κ3) is 4.17. The van der Waals surface area contributed by atoms with Crippen LogP contribution in [-0.4, -0.2) is 56.7 Å². The Morgan fingerprint density at radius 3 is 2.52 bits per heavy atom. The van der Waals surface area contributed by atoms with E-state index in [1.165, 1.54) is 16.7 Å². The summed E-state index contributed by atoms with van der Waals surface area (Å²) in [6.07, 6.45) is -0.561. The van der Waals surface area contributed by atoms with Crippen molar-refractivity contribution in [2.75, 3.05) is 12.4 Å². The highest BCUT2D eigenvalue weighted by molar-refractivity contribution is 8.00. The predicted molar refractivity (Wildman–Crippen MR) is 92.0 cm³/mol. The van der Waals surface area contributed by atoms with Crippen LogP contribution < -0.4 is 0 Å². The van der Waals surface area contributed by atoms with Crippen LogP contribution in [0.2, 0.25) is 0 Å². The average molecular weight is 390 g/mol. The van der Waals surface area contributed by atoms with Gasteiger partial charge in [-0.05, 0) is 0 Å². The van der Waals surface area contributed by atoms with E-state index < -0.39 is 22.7 Å². The number of carboxylic acids is 1. The number of thioether (sulfide) groups is 1. The molecule has 2 aliphatic heterocycles. The molecule has 2 aliphatic rings. The van der Waals surface area contributed by atoms with Crippen molar-refractivity contribution in [3.63, 3.8) is 0 Å². The molecule has 2 rings (SSSR count). The van der Waals surface area contributed by atoms with Gasteiger partial charge in [0.1, 0.15) is 17.4 Å². The number of esters is 1. The molecule has 1 amide bonds. The molecule has 2 heterocycles. The van der Waals surface area contributed by atoms with Gasteiger partial charge in [-0.1, -0.05) is 20.8 Å². The second-order valence-corrected chi connectivity index (χ2v) is 8.47. The molecule has 0 aromatic heterocycles. The van der Waals surface area contributed by atoms with Gasteiger partial charge < -0.3 is 9.84 Å². The Morgan fingerprint density at radius 1 is 1.32 bits per heavy atom. The summed E-state index contributed by atoms with van der Waals surface area (Å²) >= 11 is 7.43. The second kappa shape index (κ2) is 7.37. The summed E-state index contributed by atoms with van der Waals surface area (Å²) in [6, 6.07) is 0. The average Bonchev–Trinajstić information content (AvgIpc) is 2.54. The number of rotatable bonds is 6. The minimum Gasteiger partial charge on any atom is -0.481 e. The number of ether oxygens (including phenoxy) is 1. The number of carbonyl (C=O) groups is 4. The summed E-state index contributed by atoms with van der Waals surface area (Å²) in [7, 11) is 0. The Kier molecular flexibility index (Phi) is 5.83. The third-order valence-corrected chi connectivity index (χ3v) is 5.74. The van der Waals surface area contributed by atoms with E-state index in [1.807, 2.05) is 0 Å². The molecule has 2 atom stereocenters. The van der Waals surface area contributed by atoms with Gasteiger partial charge in [-0.2, -0.15) is 0 Å². The fraction of sp³-hybridized carbons (Fsp3) is 0.625. The highest BCUT2D eigenvalue weighted by atomic mass is 35.5. The van der Waals surface area contributed by atoms with Crippen LogP contribution in [0.3, 0.4) is 0 Å². The van der Waals surface area contributed by atoms with Crippen molar-refractivity contribution in [3.8, 4) is 0 Å². The Hall–Kier alpha value is -1.54. The normalized spacial score (nSPS) is 23.0. The number of allylic oxidation sites excluding steroid dienone is 1. The molecule has 1 saturated heterocycles. The number of hydrogen-bond donors (Lipinski definition) is 1. The van der Waals surface area contributed by atoms with Gasteiger partial charge in [0.2, 0.25) is 5.91 Å². The number of ketones is 1. The lowest BCUT2D eigenvalue weighted by Crippen LogP contribution is -2.63. The number of Topliss-reactive ketones (excluding diaryl/α,β-unsaturated/α-hetero) is 1. The Balaban J connectivity index is 2.19. The van der Waals surface area contributed by atoms with Crippen molar-refractivity contribution >= 4 is 47.0 Å². The topological polar surface area (TPSA) is 101 Å². The van der Waals surface area contributed by atoms with Crippen molar-refractivity contribution in [1.82, 2.24) is 4.90 Å². The number of carbonyl (C=O) groups excluding carboxylic acids is 3. The highest BCUT2D eigenvalue weighted by Crippen LogP contribution is 2.44. The molecule has 0 unspecified atom stereocenters. The number of aliphatic carboxylic acids is 1. The van der Waals surface area contributed by atoms with Crippen LogP contribution >= 0.6 is 23.4 Å². The third-order valence-electron chi connectivity index (χ3n) is 3.83. The Morgan fingerprint density at radius 2 is 1.96 bits per heavy atom. The number of alkyl halides is 1. The molecule has 1 fully saturated rings. The smallest absolute Gasteiger partial charge is 0.306 e. The first-order valence-corrected chi connectivity index (χ1v) is 9.25. The number of halogens is 1. The van der Waals surface area contributed by atoms with E-state index in [-0.39, 0.29) is 42.2 Å². The zero-order chi connectivity index (χ0) is 18.9. The van der Waals surface area contributed by atoms with Crippen molar-refractivity contribution in [2.45, 2.75) is 44.4 Å². The maximum atomic E-state index is 12.8. The number of carboxylic acid groups (broad SMARTS) is 1. The number of β-lactam (4-membered cyclic amide) rings is 1. The van der Waals surface area contributed by atoms with Gasteiger partial charge >= 0.3 is 11.9 Å². The Labute approximate surface area is 154 Å².